The van der Waals surface area contributed by atoms with Crippen molar-refractivity contribution >= 4 is 46.6 Å². The molecule has 1 aromatic carbocycles. The number of ether oxygens (including phenoxy) is 1. The molecule has 164 valence electrons. The van der Waals surface area contributed by atoms with Crippen LogP contribution in [0.5, 0.6) is 0 Å². The smallest absolute Gasteiger partial charge is 0.354 e. The first-order chi connectivity index (χ1) is 15.4. The number of thiophene rings is 1. The SMILES string of the molecule is O=C(COC(=O)C12CCC(=O)N1c1ccccc1C(=O)N2C1CC1)NC(=O)c1cccs1. The second-order valence-electron chi connectivity index (χ2n) is 7.90. The van der Waals surface area contributed by atoms with Crippen LogP contribution in [-0.4, -0.2) is 52.8 Å². The summed E-state index contributed by atoms with van der Waals surface area (Å²) in [5.74, 6) is -2.84. The molecule has 10 heteroatoms. The van der Waals surface area contributed by atoms with Gasteiger partial charge in [0.05, 0.1) is 16.1 Å². The summed E-state index contributed by atoms with van der Waals surface area (Å²) in [6.07, 6.45) is 1.60. The maximum absolute atomic E-state index is 13.4. The van der Waals surface area contributed by atoms with Crippen LogP contribution in [0.3, 0.4) is 0 Å². The van der Waals surface area contributed by atoms with Crippen molar-refractivity contribution in [3.05, 3.63) is 52.2 Å². The zero-order chi connectivity index (χ0) is 22.5. The van der Waals surface area contributed by atoms with Gasteiger partial charge in [-0.25, -0.2) is 4.79 Å². The molecule has 1 aromatic heterocycles. The van der Waals surface area contributed by atoms with Crippen LogP contribution in [0.4, 0.5) is 5.69 Å². The molecule has 1 saturated carbocycles. The van der Waals surface area contributed by atoms with Crippen molar-refractivity contribution in [2.75, 3.05) is 11.5 Å². The second kappa shape index (κ2) is 7.56. The van der Waals surface area contributed by atoms with E-state index in [1.807, 2.05) is 0 Å². The standard InChI is InChI=1S/C22H19N3O6S/c26-17(23-19(28)16-6-3-11-32-16)12-31-21(30)22-10-9-18(27)25(22)15-5-2-1-4-14(15)20(29)24(22)13-7-8-13/h1-6,11,13H,7-10,12H2,(H,23,26,28). The third-order valence-corrected chi connectivity index (χ3v) is 6.74. The molecule has 2 aliphatic heterocycles. The van der Waals surface area contributed by atoms with Crippen LogP contribution in [0, 0.1) is 0 Å². The van der Waals surface area contributed by atoms with Crippen molar-refractivity contribution in [3.8, 4) is 0 Å². The van der Waals surface area contributed by atoms with Gasteiger partial charge in [-0.1, -0.05) is 18.2 Å². The number of nitrogens with one attached hydrogen (secondary N) is 1. The number of hydrogen-bond donors (Lipinski definition) is 1. The number of imide groups is 1. The number of hydrogen-bond acceptors (Lipinski definition) is 7. The van der Waals surface area contributed by atoms with Crippen LogP contribution in [0.25, 0.3) is 0 Å². The molecule has 4 amide bonds. The maximum Gasteiger partial charge on any atom is 0.354 e. The van der Waals surface area contributed by atoms with Gasteiger partial charge in [-0.2, -0.15) is 0 Å². The molecule has 3 heterocycles. The number of nitrogens with zero attached hydrogens (tertiary/aromatic N) is 2. The fourth-order valence-electron chi connectivity index (χ4n) is 4.39. The topological polar surface area (TPSA) is 113 Å². The molecule has 1 atom stereocenters. The summed E-state index contributed by atoms with van der Waals surface area (Å²) in [7, 11) is 0. The lowest BCUT2D eigenvalue weighted by Gasteiger charge is -2.48. The lowest BCUT2D eigenvalue weighted by Crippen LogP contribution is -2.69. The zero-order valence-electron chi connectivity index (χ0n) is 16.9. The monoisotopic (exact) mass is 453 g/mol. The van der Waals surface area contributed by atoms with Crippen LogP contribution in [0.1, 0.15) is 45.7 Å². The Morgan fingerprint density at radius 1 is 1.12 bits per heavy atom. The van der Waals surface area contributed by atoms with Gasteiger partial charge in [0, 0.05) is 18.9 Å². The van der Waals surface area contributed by atoms with Gasteiger partial charge < -0.3 is 9.64 Å². The van der Waals surface area contributed by atoms with Crippen molar-refractivity contribution in [1.82, 2.24) is 10.2 Å². The number of amides is 4. The van der Waals surface area contributed by atoms with Crippen molar-refractivity contribution in [3.63, 3.8) is 0 Å². The molecule has 5 rings (SSSR count). The molecule has 2 aromatic rings. The molecular formula is C22H19N3O6S. The minimum Gasteiger partial charge on any atom is -0.452 e. The number of carbonyl (C=O) groups excluding carboxylic acids is 5. The highest BCUT2D eigenvalue weighted by Crippen LogP contribution is 2.49. The Bertz CT molecular complexity index is 1140. The summed E-state index contributed by atoms with van der Waals surface area (Å²) in [6, 6.07) is 9.75. The molecule has 1 unspecified atom stereocenters. The molecule has 0 radical (unpaired) electrons. The molecular weight excluding hydrogens is 434 g/mol. The highest BCUT2D eigenvalue weighted by molar-refractivity contribution is 7.12. The number of esters is 1. The number of carbonyl (C=O) groups is 5. The normalized spacial score (nSPS) is 21.8. The quantitative estimate of drug-likeness (QED) is 0.690. The summed E-state index contributed by atoms with van der Waals surface area (Å²) in [4.78, 5) is 67.0. The molecule has 1 N–H and O–H groups in total. The molecule has 1 saturated heterocycles. The molecule has 9 nitrogen and oxygen atoms in total. The first kappa shape index (κ1) is 20.4. The summed E-state index contributed by atoms with van der Waals surface area (Å²) < 4.78 is 5.30. The minimum absolute atomic E-state index is 0.0724. The van der Waals surface area contributed by atoms with Crippen molar-refractivity contribution in [1.29, 1.82) is 0 Å². The van der Waals surface area contributed by atoms with Gasteiger partial charge in [0.15, 0.2) is 6.61 Å². The molecule has 1 aliphatic carbocycles. The highest BCUT2D eigenvalue weighted by Gasteiger charge is 2.64. The average Bonchev–Trinajstić information content (AvgIpc) is 3.32. The Balaban J connectivity index is 1.41. The van der Waals surface area contributed by atoms with Gasteiger partial charge in [0.2, 0.25) is 11.6 Å². The van der Waals surface area contributed by atoms with Crippen molar-refractivity contribution in [2.45, 2.75) is 37.4 Å². The van der Waals surface area contributed by atoms with E-state index >= 15 is 0 Å². The Labute approximate surface area is 186 Å². The van der Waals surface area contributed by atoms with E-state index in [1.165, 1.54) is 21.1 Å². The van der Waals surface area contributed by atoms with Crippen LogP contribution in [0.2, 0.25) is 0 Å². The van der Waals surface area contributed by atoms with Gasteiger partial charge >= 0.3 is 5.97 Å². The van der Waals surface area contributed by atoms with Crippen LogP contribution in [0.15, 0.2) is 41.8 Å². The van der Waals surface area contributed by atoms with Gasteiger partial charge in [0.25, 0.3) is 17.7 Å². The van der Waals surface area contributed by atoms with E-state index in [2.05, 4.69) is 5.32 Å². The van der Waals surface area contributed by atoms with E-state index in [9.17, 15) is 24.0 Å². The lowest BCUT2D eigenvalue weighted by atomic mass is 9.96. The van der Waals surface area contributed by atoms with E-state index in [0.29, 0.717) is 16.1 Å². The van der Waals surface area contributed by atoms with Crippen molar-refractivity contribution in [2.24, 2.45) is 0 Å². The molecule has 2 fully saturated rings. The number of para-hydroxylation sites is 1. The largest absolute Gasteiger partial charge is 0.452 e. The van der Waals surface area contributed by atoms with E-state index in [0.717, 1.165) is 12.8 Å². The highest BCUT2D eigenvalue weighted by atomic mass is 32.1. The molecule has 0 spiro atoms. The zero-order valence-corrected chi connectivity index (χ0v) is 17.7. The van der Waals surface area contributed by atoms with Crippen LogP contribution in [-0.2, 0) is 19.1 Å². The van der Waals surface area contributed by atoms with Crippen molar-refractivity contribution < 1.29 is 28.7 Å². The Hall–Kier alpha value is -3.53. The number of anilines is 1. The summed E-state index contributed by atoms with van der Waals surface area (Å²) in [5.41, 5.74) is -0.898. The van der Waals surface area contributed by atoms with E-state index in [4.69, 9.17) is 4.74 Å². The van der Waals surface area contributed by atoms with Gasteiger partial charge in [0.1, 0.15) is 0 Å². The maximum atomic E-state index is 13.4. The van der Waals surface area contributed by atoms with Gasteiger partial charge in [-0.3, -0.25) is 29.4 Å². The van der Waals surface area contributed by atoms with Gasteiger partial charge in [-0.15, -0.1) is 11.3 Å². The van der Waals surface area contributed by atoms with E-state index < -0.39 is 30.1 Å². The first-order valence-electron chi connectivity index (χ1n) is 10.2. The summed E-state index contributed by atoms with van der Waals surface area (Å²) in [5, 5.41) is 3.87. The van der Waals surface area contributed by atoms with Gasteiger partial charge in [-0.05, 0) is 36.4 Å². The molecule has 3 aliphatic rings. The Kier molecular flexibility index (Phi) is 4.81. The van der Waals surface area contributed by atoms with Crippen LogP contribution < -0.4 is 10.2 Å². The first-order valence-corrected chi connectivity index (χ1v) is 11.1. The number of fused-ring (bicyclic) bond motifs is 3. The van der Waals surface area contributed by atoms with E-state index in [1.54, 1.807) is 41.8 Å². The second-order valence-corrected chi connectivity index (χ2v) is 8.85. The predicted molar refractivity (Wildman–Crippen MR) is 113 cm³/mol. The van der Waals surface area contributed by atoms with E-state index in [-0.39, 0.29) is 30.7 Å². The lowest BCUT2D eigenvalue weighted by molar-refractivity contribution is -0.160. The minimum atomic E-state index is -1.62. The van der Waals surface area contributed by atoms with Crippen LogP contribution >= 0.6 is 11.3 Å². The Morgan fingerprint density at radius 2 is 1.91 bits per heavy atom. The molecule has 0 bridgehead atoms. The fourth-order valence-corrected chi connectivity index (χ4v) is 5.01. The Morgan fingerprint density at radius 3 is 2.62 bits per heavy atom. The third kappa shape index (κ3) is 3.10. The molecule has 32 heavy (non-hydrogen) atoms. The number of rotatable bonds is 5. The average molecular weight is 453 g/mol. The third-order valence-electron chi connectivity index (χ3n) is 5.87. The number of benzene rings is 1. The predicted octanol–water partition coefficient (Wildman–Crippen LogP) is 1.69. The summed E-state index contributed by atoms with van der Waals surface area (Å²) in [6.45, 7) is -0.700. The summed E-state index contributed by atoms with van der Waals surface area (Å²) >= 11 is 1.18. The fraction of sp³-hybridized carbons (Fsp3) is 0.318.